The first-order valence-corrected chi connectivity index (χ1v) is 27.9. The van der Waals surface area contributed by atoms with E-state index in [1.807, 2.05) is 24.3 Å². The van der Waals surface area contributed by atoms with Gasteiger partial charge in [-0.25, -0.2) is 0 Å². The molecule has 3 atom stereocenters. The number of benzene rings is 6. The SMILES string of the molecule is CC1=CCCC2=C1OC1=C(N(c3ccc(C#N)cc3)c3cc4c(c5ccccc35)-c3ccc(N(c5ccc(C#N)cc5)c5cccc6c5OC5C(C)=CC=CC65)cc3C43C4=C(CCC=C4)C(C)(C)C4=C3C=CCC4)C=CCC21. The van der Waals surface area contributed by atoms with Crippen LogP contribution in [0.5, 0.6) is 5.75 Å². The predicted octanol–water partition coefficient (Wildman–Crippen LogP) is 18.0. The molecule has 9 aliphatic rings. The first-order chi connectivity index (χ1) is 38.2. The molecular weight excluding hydrogens is 953 g/mol. The van der Waals surface area contributed by atoms with Crippen molar-refractivity contribution < 1.29 is 9.47 Å². The first-order valence-electron chi connectivity index (χ1n) is 27.9. The summed E-state index contributed by atoms with van der Waals surface area (Å²) in [7, 11) is 0. The normalized spacial score (nSPS) is 22.0. The lowest BCUT2D eigenvalue weighted by atomic mass is 9.52. The fraction of sp³-hybridized carbons (Fsp3) is 0.222. The van der Waals surface area contributed by atoms with Gasteiger partial charge in [-0.15, -0.1) is 0 Å². The minimum Gasteiger partial charge on any atom is -0.483 e. The van der Waals surface area contributed by atoms with Crippen LogP contribution in [0.15, 0.2) is 232 Å². The predicted molar refractivity (Wildman–Crippen MR) is 313 cm³/mol. The zero-order chi connectivity index (χ0) is 52.6. The lowest BCUT2D eigenvalue weighted by molar-refractivity contribution is 0.256. The number of para-hydroxylation sites is 1. The Bertz CT molecular complexity index is 4050. The van der Waals surface area contributed by atoms with Gasteiger partial charge in [0.2, 0.25) is 0 Å². The summed E-state index contributed by atoms with van der Waals surface area (Å²) < 4.78 is 14.2. The Labute approximate surface area is 457 Å². The van der Waals surface area contributed by atoms with Gasteiger partial charge in [-0.3, -0.25) is 0 Å². The Morgan fingerprint density at radius 1 is 0.654 bits per heavy atom. The largest absolute Gasteiger partial charge is 0.483 e. The van der Waals surface area contributed by atoms with Crippen LogP contribution in [-0.4, -0.2) is 6.10 Å². The molecule has 0 bridgehead atoms. The number of nitriles is 2. The van der Waals surface area contributed by atoms with Crippen molar-refractivity contribution in [2.24, 2.45) is 11.3 Å². The monoisotopic (exact) mass is 1010 g/mol. The molecule has 2 heterocycles. The molecular formula is C72H58N4O2. The van der Waals surface area contributed by atoms with Crippen LogP contribution < -0.4 is 14.5 Å². The number of hydrogen-bond acceptors (Lipinski definition) is 6. The highest BCUT2D eigenvalue weighted by Gasteiger charge is 2.56. The maximum Gasteiger partial charge on any atom is 0.148 e. The van der Waals surface area contributed by atoms with Crippen molar-refractivity contribution in [3.8, 4) is 29.0 Å². The molecule has 0 aromatic heterocycles. The highest BCUT2D eigenvalue weighted by Crippen LogP contribution is 2.68. The minimum atomic E-state index is -0.702. The lowest BCUT2D eigenvalue weighted by Gasteiger charge is -2.50. The molecule has 15 rings (SSSR count). The van der Waals surface area contributed by atoms with E-state index < -0.39 is 5.41 Å². The van der Waals surface area contributed by atoms with Crippen LogP contribution in [0.4, 0.5) is 28.4 Å². The molecule has 6 aromatic rings. The van der Waals surface area contributed by atoms with E-state index in [4.69, 9.17) is 9.47 Å². The zero-order valence-corrected chi connectivity index (χ0v) is 44.5. The summed E-state index contributed by atoms with van der Waals surface area (Å²) in [5.41, 5.74) is 22.1. The number of rotatable bonds is 6. The summed E-state index contributed by atoms with van der Waals surface area (Å²) in [6, 6.07) is 46.3. The molecule has 0 radical (unpaired) electrons. The van der Waals surface area contributed by atoms with E-state index in [-0.39, 0.29) is 23.4 Å². The zero-order valence-electron chi connectivity index (χ0n) is 44.5. The van der Waals surface area contributed by atoms with Gasteiger partial charge in [0, 0.05) is 45.3 Å². The van der Waals surface area contributed by atoms with Gasteiger partial charge in [0.05, 0.1) is 45.8 Å². The minimum absolute atomic E-state index is 0.0788. The number of ether oxygens (including phenoxy) is 2. The summed E-state index contributed by atoms with van der Waals surface area (Å²) in [5, 5.41) is 22.5. The van der Waals surface area contributed by atoms with E-state index in [0.29, 0.717) is 11.1 Å². The third kappa shape index (κ3) is 6.47. The quantitative estimate of drug-likeness (QED) is 0.166. The Kier molecular flexibility index (Phi) is 10.3. The Hall–Kier alpha value is -8.84. The van der Waals surface area contributed by atoms with Gasteiger partial charge < -0.3 is 19.3 Å². The maximum absolute atomic E-state index is 10.1. The van der Waals surface area contributed by atoms with E-state index in [1.165, 1.54) is 72.2 Å². The Morgan fingerprint density at radius 3 is 2.06 bits per heavy atom. The Balaban J connectivity index is 1.03. The smallest absolute Gasteiger partial charge is 0.148 e. The topological polar surface area (TPSA) is 72.5 Å². The summed E-state index contributed by atoms with van der Waals surface area (Å²) in [6.07, 6.45) is 30.2. The molecule has 6 nitrogen and oxygen atoms in total. The molecule has 2 aliphatic heterocycles. The van der Waals surface area contributed by atoms with Crippen LogP contribution in [0.25, 0.3) is 21.9 Å². The van der Waals surface area contributed by atoms with Crippen molar-refractivity contribution in [3.05, 3.63) is 260 Å². The fourth-order valence-electron chi connectivity index (χ4n) is 15.2. The summed E-state index contributed by atoms with van der Waals surface area (Å²) in [4.78, 5) is 4.81. The summed E-state index contributed by atoms with van der Waals surface area (Å²) >= 11 is 0. The summed E-state index contributed by atoms with van der Waals surface area (Å²) in [5.74, 6) is 3.18. The third-order valence-corrected chi connectivity index (χ3v) is 18.7. The van der Waals surface area contributed by atoms with Crippen molar-refractivity contribution in [1.82, 2.24) is 0 Å². The van der Waals surface area contributed by atoms with Crippen molar-refractivity contribution in [2.45, 2.75) is 90.1 Å². The number of hydrogen-bond donors (Lipinski definition) is 0. The van der Waals surface area contributed by atoms with Gasteiger partial charge in [0.1, 0.15) is 23.4 Å². The van der Waals surface area contributed by atoms with Crippen LogP contribution in [0.2, 0.25) is 0 Å². The molecule has 0 saturated heterocycles. The van der Waals surface area contributed by atoms with Crippen molar-refractivity contribution in [3.63, 3.8) is 0 Å². The molecule has 0 saturated carbocycles. The third-order valence-electron chi connectivity index (χ3n) is 18.7. The van der Waals surface area contributed by atoms with Crippen LogP contribution in [0, 0.1) is 34.0 Å². The Morgan fingerprint density at radius 2 is 1.35 bits per heavy atom. The van der Waals surface area contributed by atoms with Gasteiger partial charge in [0.25, 0.3) is 0 Å². The molecule has 6 aromatic carbocycles. The van der Waals surface area contributed by atoms with E-state index in [1.54, 1.807) is 0 Å². The van der Waals surface area contributed by atoms with Crippen molar-refractivity contribution >= 4 is 39.2 Å². The second-order valence-corrected chi connectivity index (χ2v) is 23.0. The van der Waals surface area contributed by atoms with E-state index in [2.05, 4.69) is 201 Å². The molecule has 7 aliphatic carbocycles. The van der Waals surface area contributed by atoms with E-state index in [0.717, 1.165) is 102 Å². The average Bonchev–Trinajstić information content (AvgIpc) is 4.03. The molecule has 78 heavy (non-hydrogen) atoms. The highest BCUT2D eigenvalue weighted by molar-refractivity contribution is 6.11. The van der Waals surface area contributed by atoms with E-state index in [9.17, 15) is 10.5 Å². The average molecular weight is 1010 g/mol. The van der Waals surface area contributed by atoms with Gasteiger partial charge in [-0.1, -0.05) is 122 Å². The van der Waals surface area contributed by atoms with E-state index >= 15 is 0 Å². The van der Waals surface area contributed by atoms with Gasteiger partial charge >= 0.3 is 0 Å². The van der Waals surface area contributed by atoms with Gasteiger partial charge in [-0.05, 0) is 193 Å². The number of anilines is 5. The standard InChI is InChI=1S/C72H58N4O2/c1-43-15-11-19-52-54-21-13-27-63(69(54)77-67(43)52)75(47-33-29-45(41-73)30-34-47)49-37-38-56-61(39-49)72(59-25-9-7-23-57(59)71(3,4)58-24-8-10-26-60(58)72)62-40-65(50-17-5-6-18-51(50)66(56)62)76(48-35-31-46(42-74)32-36-48)64-28-14-22-55-53-20-12-16-44(2)68(53)78-70(55)64/h5-6,9-11,13-19,21,25-40,52,55,67H,7-8,12,20,22-24H2,1-4H3. The van der Waals surface area contributed by atoms with Crippen LogP contribution >= 0.6 is 0 Å². The van der Waals surface area contributed by atoms with Gasteiger partial charge in [-0.2, -0.15) is 10.5 Å². The lowest BCUT2D eigenvalue weighted by Crippen LogP contribution is -2.41. The number of fused-ring (bicyclic) bond motifs is 14. The van der Waals surface area contributed by atoms with Crippen LogP contribution in [-0.2, 0) is 10.2 Å². The second kappa shape index (κ2) is 17.3. The molecule has 1 spiro atoms. The molecule has 6 heteroatoms. The maximum atomic E-state index is 10.1. The first kappa shape index (κ1) is 46.5. The van der Waals surface area contributed by atoms with Crippen molar-refractivity contribution in [2.75, 3.05) is 9.80 Å². The van der Waals surface area contributed by atoms with Crippen molar-refractivity contribution in [1.29, 1.82) is 10.5 Å². The fourth-order valence-corrected chi connectivity index (χ4v) is 15.2. The molecule has 0 N–H and O–H groups in total. The number of allylic oxidation sites excluding steroid dienone is 15. The highest BCUT2D eigenvalue weighted by atomic mass is 16.5. The summed E-state index contributed by atoms with van der Waals surface area (Å²) in [6.45, 7) is 9.32. The molecule has 378 valence electrons. The molecule has 0 amide bonds. The van der Waals surface area contributed by atoms with Crippen LogP contribution in [0.1, 0.15) is 106 Å². The van der Waals surface area contributed by atoms with Crippen LogP contribution in [0.3, 0.4) is 0 Å². The number of nitrogens with zero attached hydrogens (tertiary/aromatic N) is 4. The second-order valence-electron chi connectivity index (χ2n) is 23.0. The molecule has 3 unspecified atom stereocenters. The van der Waals surface area contributed by atoms with Gasteiger partial charge in [0.15, 0.2) is 0 Å². The molecule has 0 fully saturated rings.